The van der Waals surface area contributed by atoms with E-state index < -0.39 is 32.5 Å². The maximum atomic E-state index is 12.7. The Balaban J connectivity index is 4.95. The van der Waals surface area contributed by atoms with Gasteiger partial charge in [0.1, 0.15) is 5.25 Å². The van der Waals surface area contributed by atoms with Crippen molar-refractivity contribution in [2.45, 2.75) is 31.4 Å². The van der Waals surface area contributed by atoms with Crippen LogP contribution in [0.4, 0.5) is 8.78 Å². The van der Waals surface area contributed by atoms with Crippen LogP contribution >= 0.6 is 0 Å². The van der Waals surface area contributed by atoms with E-state index in [-0.39, 0.29) is 6.42 Å². The number of hydrogen-bond donors (Lipinski definition) is 2. The number of alkyl halides is 2. The standard InChI is InChI=1S/C5H11F2NO4S2/c1-3-4(5(2,6)7)14(11,12)8-13(9)10/h4,8H,3H2,1-2H3,(H,9,10). The monoisotopic (exact) mass is 251 g/mol. The van der Waals surface area contributed by atoms with Crippen LogP contribution in [-0.2, 0) is 21.3 Å². The molecule has 14 heavy (non-hydrogen) atoms. The number of sulfonamides is 1. The second-order valence-corrected chi connectivity index (χ2v) is 5.55. The minimum Gasteiger partial charge on any atom is -0.293 e. The van der Waals surface area contributed by atoms with E-state index in [1.165, 1.54) is 11.1 Å². The zero-order valence-electron chi connectivity index (χ0n) is 7.53. The SMILES string of the molecule is CCC(C(C)(F)F)S(=O)(=O)NS(=O)O. The molecule has 86 valence electrons. The van der Waals surface area contributed by atoms with Crippen molar-refractivity contribution in [3.63, 3.8) is 0 Å². The first kappa shape index (κ1) is 13.9. The smallest absolute Gasteiger partial charge is 0.263 e. The first-order valence-electron chi connectivity index (χ1n) is 3.61. The van der Waals surface area contributed by atoms with E-state index in [0.29, 0.717) is 6.92 Å². The predicted molar refractivity (Wildman–Crippen MR) is 47.5 cm³/mol. The van der Waals surface area contributed by atoms with Crippen LogP contribution in [0.15, 0.2) is 0 Å². The number of hydrogen-bond acceptors (Lipinski definition) is 3. The molecule has 0 aromatic carbocycles. The Morgan fingerprint density at radius 2 is 2.00 bits per heavy atom. The molecule has 0 aromatic rings. The Labute approximate surface area is 83.4 Å². The average molecular weight is 251 g/mol. The lowest BCUT2D eigenvalue weighted by Crippen LogP contribution is -2.44. The molecular weight excluding hydrogens is 240 g/mol. The van der Waals surface area contributed by atoms with Crippen molar-refractivity contribution < 1.29 is 26.0 Å². The van der Waals surface area contributed by atoms with Gasteiger partial charge in [0.2, 0.25) is 21.3 Å². The highest BCUT2D eigenvalue weighted by molar-refractivity contribution is 8.00. The molecule has 0 fully saturated rings. The molecule has 0 amide bonds. The summed E-state index contributed by atoms with van der Waals surface area (Å²) in [5.41, 5.74) is 0. The topological polar surface area (TPSA) is 83.5 Å². The molecule has 2 atom stereocenters. The first-order chi connectivity index (χ1) is 6.11. The van der Waals surface area contributed by atoms with E-state index in [2.05, 4.69) is 0 Å². The van der Waals surface area contributed by atoms with Gasteiger partial charge in [-0.05, 0) is 6.42 Å². The van der Waals surface area contributed by atoms with Gasteiger partial charge in [0, 0.05) is 6.92 Å². The Morgan fingerprint density at radius 3 is 2.21 bits per heavy atom. The van der Waals surface area contributed by atoms with Crippen LogP contribution in [0.1, 0.15) is 20.3 Å². The van der Waals surface area contributed by atoms with E-state index in [4.69, 9.17) is 4.55 Å². The lowest BCUT2D eigenvalue weighted by atomic mass is 10.2. The van der Waals surface area contributed by atoms with Crippen LogP contribution in [0.3, 0.4) is 0 Å². The highest BCUT2D eigenvalue weighted by Crippen LogP contribution is 2.25. The molecule has 2 N–H and O–H groups in total. The van der Waals surface area contributed by atoms with Crippen molar-refractivity contribution in [1.82, 2.24) is 4.13 Å². The Hall–Kier alpha value is -0.120. The molecule has 0 aliphatic rings. The Kier molecular flexibility index (Phi) is 4.56. The van der Waals surface area contributed by atoms with Gasteiger partial charge >= 0.3 is 0 Å². The van der Waals surface area contributed by atoms with Crippen molar-refractivity contribution in [2.75, 3.05) is 0 Å². The minimum absolute atomic E-state index is 0.351. The number of halogens is 2. The van der Waals surface area contributed by atoms with Gasteiger partial charge in [-0.25, -0.2) is 21.4 Å². The van der Waals surface area contributed by atoms with Gasteiger partial charge in [-0.2, -0.15) is 0 Å². The summed E-state index contributed by atoms with van der Waals surface area (Å²) in [5, 5.41) is -2.01. The van der Waals surface area contributed by atoms with Crippen LogP contribution in [0, 0.1) is 0 Å². The molecule has 0 saturated carbocycles. The zero-order chi connectivity index (χ0) is 11.6. The zero-order valence-corrected chi connectivity index (χ0v) is 9.16. The molecule has 0 heterocycles. The second-order valence-electron chi connectivity index (χ2n) is 2.73. The normalized spacial score (nSPS) is 17.8. The van der Waals surface area contributed by atoms with Gasteiger partial charge in [-0.3, -0.25) is 4.55 Å². The third kappa shape index (κ3) is 3.95. The third-order valence-electron chi connectivity index (χ3n) is 1.50. The predicted octanol–water partition coefficient (Wildman–Crippen LogP) is 0.476. The minimum atomic E-state index is -4.48. The highest BCUT2D eigenvalue weighted by Gasteiger charge is 2.43. The lowest BCUT2D eigenvalue weighted by Gasteiger charge is -2.21. The van der Waals surface area contributed by atoms with Gasteiger partial charge in [0.05, 0.1) is 0 Å². The second kappa shape index (κ2) is 4.60. The molecule has 0 bridgehead atoms. The van der Waals surface area contributed by atoms with Gasteiger partial charge in [-0.1, -0.05) is 6.92 Å². The molecule has 0 radical (unpaired) electrons. The van der Waals surface area contributed by atoms with Crippen LogP contribution in [-0.4, -0.2) is 28.4 Å². The molecule has 0 saturated heterocycles. The van der Waals surface area contributed by atoms with Gasteiger partial charge < -0.3 is 0 Å². The van der Waals surface area contributed by atoms with Crippen molar-refractivity contribution in [1.29, 1.82) is 0 Å². The largest absolute Gasteiger partial charge is 0.293 e. The summed E-state index contributed by atoms with van der Waals surface area (Å²) in [6, 6.07) is 0. The summed E-state index contributed by atoms with van der Waals surface area (Å²) in [5.74, 6) is -3.46. The fourth-order valence-corrected chi connectivity index (χ4v) is 3.25. The summed E-state index contributed by atoms with van der Waals surface area (Å²) in [6.45, 7) is 1.70. The van der Waals surface area contributed by atoms with E-state index in [1.807, 2.05) is 0 Å². The van der Waals surface area contributed by atoms with Gasteiger partial charge in [-0.15, -0.1) is 4.13 Å². The molecule has 0 rings (SSSR count). The van der Waals surface area contributed by atoms with Crippen molar-refractivity contribution in [3.05, 3.63) is 0 Å². The van der Waals surface area contributed by atoms with Crippen molar-refractivity contribution >= 4 is 21.3 Å². The van der Waals surface area contributed by atoms with Crippen molar-refractivity contribution in [2.24, 2.45) is 0 Å². The van der Waals surface area contributed by atoms with E-state index in [0.717, 1.165) is 0 Å². The third-order valence-corrected chi connectivity index (χ3v) is 4.49. The quantitative estimate of drug-likeness (QED) is 0.696. The summed E-state index contributed by atoms with van der Waals surface area (Å²) in [6.07, 6.45) is -0.351. The van der Waals surface area contributed by atoms with Crippen LogP contribution in [0.25, 0.3) is 0 Å². The molecule has 2 unspecified atom stereocenters. The van der Waals surface area contributed by atoms with Crippen molar-refractivity contribution in [3.8, 4) is 0 Å². The summed E-state index contributed by atoms with van der Waals surface area (Å²) >= 11 is -2.86. The molecule has 0 aliphatic carbocycles. The molecule has 0 aliphatic heterocycles. The number of nitrogens with one attached hydrogen (secondary N) is 1. The van der Waals surface area contributed by atoms with Crippen LogP contribution in [0.5, 0.6) is 0 Å². The van der Waals surface area contributed by atoms with Crippen LogP contribution in [0.2, 0.25) is 0 Å². The summed E-state index contributed by atoms with van der Waals surface area (Å²) < 4.78 is 67.2. The molecule has 0 spiro atoms. The first-order valence-corrected chi connectivity index (χ1v) is 6.26. The summed E-state index contributed by atoms with van der Waals surface area (Å²) in [7, 11) is -4.48. The maximum Gasteiger partial charge on any atom is 0.263 e. The molecule has 5 nitrogen and oxygen atoms in total. The van der Waals surface area contributed by atoms with Gasteiger partial charge in [0.15, 0.2) is 0 Å². The highest BCUT2D eigenvalue weighted by atomic mass is 32.3. The lowest BCUT2D eigenvalue weighted by molar-refractivity contribution is 0.0161. The Bertz CT molecular complexity index is 310. The molecule has 0 aromatic heterocycles. The fourth-order valence-electron chi connectivity index (χ4n) is 1.01. The number of rotatable bonds is 5. The van der Waals surface area contributed by atoms with E-state index in [1.54, 1.807) is 0 Å². The van der Waals surface area contributed by atoms with Gasteiger partial charge in [0.25, 0.3) is 5.92 Å². The average Bonchev–Trinajstić information content (AvgIpc) is 1.79. The van der Waals surface area contributed by atoms with Crippen LogP contribution < -0.4 is 4.13 Å². The summed E-state index contributed by atoms with van der Waals surface area (Å²) in [4.78, 5) is 0. The van der Waals surface area contributed by atoms with E-state index in [9.17, 15) is 21.4 Å². The molecule has 9 heteroatoms. The fraction of sp³-hybridized carbons (Fsp3) is 1.00. The maximum absolute atomic E-state index is 12.7. The van der Waals surface area contributed by atoms with E-state index >= 15 is 0 Å². The Morgan fingerprint density at radius 1 is 1.57 bits per heavy atom. The molecular formula is C5H11F2NO4S2.